The minimum atomic E-state index is -1.26. The minimum Gasteiger partial charge on any atom is -0.380 e. The van der Waals surface area contributed by atoms with Gasteiger partial charge in [-0.05, 0) is 19.1 Å². The molecule has 2 aromatic carbocycles. The number of nitro groups is 1. The van der Waals surface area contributed by atoms with Crippen LogP contribution in [0.5, 0.6) is 0 Å². The Bertz CT molecular complexity index is 705. The van der Waals surface area contributed by atoms with Crippen molar-refractivity contribution in [2.75, 3.05) is 5.32 Å². The third kappa shape index (κ3) is 3.13. The maximum absolute atomic E-state index is 13.5. The topological polar surface area (TPSA) is 55.2 Å². The van der Waals surface area contributed by atoms with Crippen LogP contribution in [0.15, 0.2) is 30.3 Å². The Morgan fingerprint density at radius 3 is 2.48 bits per heavy atom. The van der Waals surface area contributed by atoms with E-state index in [-0.39, 0.29) is 17.8 Å². The number of nitrogens with zero attached hydrogens (tertiary/aromatic N) is 1. The van der Waals surface area contributed by atoms with E-state index in [0.717, 1.165) is 6.07 Å². The molecule has 1 N–H and O–H groups in total. The van der Waals surface area contributed by atoms with Crippen molar-refractivity contribution in [1.82, 2.24) is 0 Å². The van der Waals surface area contributed by atoms with Gasteiger partial charge in [0.25, 0.3) is 5.69 Å². The largest absolute Gasteiger partial charge is 0.380 e. The Morgan fingerprint density at radius 2 is 1.81 bits per heavy atom. The average molecular weight is 296 g/mol. The lowest BCUT2D eigenvalue weighted by Gasteiger charge is -2.10. The molecule has 0 aromatic heterocycles. The first-order chi connectivity index (χ1) is 9.90. The number of hydrogen-bond acceptors (Lipinski definition) is 3. The van der Waals surface area contributed by atoms with Crippen molar-refractivity contribution in [2.24, 2.45) is 0 Å². The number of nitro benzene ring substituents is 1. The van der Waals surface area contributed by atoms with Crippen LogP contribution < -0.4 is 5.32 Å². The molecule has 0 unspecified atom stereocenters. The Morgan fingerprint density at radius 1 is 1.14 bits per heavy atom. The number of benzene rings is 2. The van der Waals surface area contributed by atoms with Crippen LogP contribution in [0.4, 0.5) is 24.5 Å². The Kier molecular flexibility index (Phi) is 4.11. The maximum atomic E-state index is 13.5. The first-order valence-electron chi connectivity index (χ1n) is 6.01. The Hall–Kier alpha value is -2.57. The van der Waals surface area contributed by atoms with E-state index in [0.29, 0.717) is 17.3 Å². The van der Waals surface area contributed by atoms with Crippen molar-refractivity contribution in [2.45, 2.75) is 13.5 Å². The fourth-order valence-corrected chi connectivity index (χ4v) is 1.90. The molecule has 0 amide bonds. The van der Waals surface area contributed by atoms with Crippen LogP contribution in [0.2, 0.25) is 0 Å². The molecule has 2 aromatic rings. The molecule has 2 rings (SSSR count). The molecule has 0 aliphatic heterocycles. The lowest BCUT2D eigenvalue weighted by atomic mass is 10.1. The lowest BCUT2D eigenvalue weighted by molar-refractivity contribution is -0.385. The molecule has 110 valence electrons. The Balaban J connectivity index is 2.23. The predicted molar refractivity (Wildman–Crippen MR) is 71.5 cm³/mol. The van der Waals surface area contributed by atoms with Gasteiger partial charge >= 0.3 is 0 Å². The molecular formula is C14H11F3N2O2. The van der Waals surface area contributed by atoms with Crippen LogP contribution in [-0.2, 0) is 6.54 Å². The quantitative estimate of drug-likeness (QED) is 0.528. The van der Waals surface area contributed by atoms with Gasteiger partial charge in [0.05, 0.1) is 4.92 Å². The number of hydrogen-bond donors (Lipinski definition) is 1. The molecule has 0 aliphatic carbocycles. The van der Waals surface area contributed by atoms with E-state index in [9.17, 15) is 23.3 Å². The second-order valence-electron chi connectivity index (χ2n) is 4.42. The van der Waals surface area contributed by atoms with Crippen molar-refractivity contribution >= 4 is 11.4 Å². The zero-order valence-corrected chi connectivity index (χ0v) is 11.0. The molecule has 0 saturated carbocycles. The highest BCUT2D eigenvalue weighted by atomic mass is 19.2. The third-order valence-corrected chi connectivity index (χ3v) is 3.06. The standard InChI is InChI=1S/C14H11F3N2O2/c1-8-13(3-2-4-14(8)19(20)21)18-7-9-5-11(16)12(17)6-10(9)15/h2-6,18H,7H2,1H3. The molecule has 21 heavy (non-hydrogen) atoms. The highest BCUT2D eigenvalue weighted by Gasteiger charge is 2.14. The minimum absolute atomic E-state index is 0.0696. The van der Waals surface area contributed by atoms with Crippen LogP contribution in [0, 0.1) is 34.5 Å². The van der Waals surface area contributed by atoms with Gasteiger partial charge in [0.1, 0.15) is 5.82 Å². The van der Waals surface area contributed by atoms with E-state index in [1.165, 1.54) is 12.1 Å². The van der Waals surface area contributed by atoms with Gasteiger partial charge in [-0.25, -0.2) is 13.2 Å². The van der Waals surface area contributed by atoms with Gasteiger partial charge < -0.3 is 5.32 Å². The van der Waals surface area contributed by atoms with E-state index in [2.05, 4.69) is 5.32 Å². The van der Waals surface area contributed by atoms with E-state index in [1.54, 1.807) is 13.0 Å². The van der Waals surface area contributed by atoms with Gasteiger partial charge in [-0.1, -0.05) is 6.07 Å². The second kappa shape index (κ2) is 5.82. The molecule has 0 spiro atoms. The fourth-order valence-electron chi connectivity index (χ4n) is 1.90. The first-order valence-corrected chi connectivity index (χ1v) is 6.01. The summed E-state index contributed by atoms with van der Waals surface area (Å²) in [6, 6.07) is 5.63. The lowest BCUT2D eigenvalue weighted by Crippen LogP contribution is -2.05. The highest BCUT2D eigenvalue weighted by Crippen LogP contribution is 2.25. The third-order valence-electron chi connectivity index (χ3n) is 3.06. The second-order valence-corrected chi connectivity index (χ2v) is 4.42. The van der Waals surface area contributed by atoms with Gasteiger partial charge in [0.15, 0.2) is 11.6 Å². The van der Waals surface area contributed by atoms with Crippen molar-refractivity contribution < 1.29 is 18.1 Å². The summed E-state index contributed by atoms with van der Waals surface area (Å²) in [5.74, 6) is -3.30. The maximum Gasteiger partial charge on any atom is 0.274 e. The number of rotatable bonds is 4. The fraction of sp³-hybridized carbons (Fsp3) is 0.143. The van der Waals surface area contributed by atoms with Gasteiger partial charge in [-0.3, -0.25) is 10.1 Å². The summed E-state index contributed by atoms with van der Waals surface area (Å²) in [7, 11) is 0. The van der Waals surface area contributed by atoms with Crippen LogP contribution in [-0.4, -0.2) is 4.92 Å². The van der Waals surface area contributed by atoms with Crippen LogP contribution >= 0.6 is 0 Å². The zero-order valence-electron chi connectivity index (χ0n) is 11.0. The van der Waals surface area contributed by atoms with Gasteiger partial charge in [-0.2, -0.15) is 0 Å². The summed E-state index contributed by atoms with van der Waals surface area (Å²) >= 11 is 0. The molecule has 0 bridgehead atoms. The predicted octanol–water partition coefficient (Wildman–Crippen LogP) is 3.93. The Labute approximate surface area is 118 Å². The molecule has 7 heteroatoms. The average Bonchev–Trinajstić information content (AvgIpc) is 2.42. The SMILES string of the molecule is Cc1c(NCc2cc(F)c(F)cc2F)cccc1[N+](=O)[O-]. The van der Waals surface area contributed by atoms with Gasteiger partial charge in [0.2, 0.25) is 0 Å². The van der Waals surface area contributed by atoms with E-state index >= 15 is 0 Å². The first kappa shape index (κ1) is 14.8. The summed E-state index contributed by atoms with van der Waals surface area (Å²) < 4.78 is 39.4. The summed E-state index contributed by atoms with van der Waals surface area (Å²) in [6.45, 7) is 1.42. The molecule has 0 atom stereocenters. The normalized spacial score (nSPS) is 10.5. The van der Waals surface area contributed by atoms with E-state index < -0.39 is 22.4 Å². The van der Waals surface area contributed by atoms with Crippen molar-refractivity contribution in [1.29, 1.82) is 0 Å². The molecule has 0 radical (unpaired) electrons. The molecular weight excluding hydrogens is 285 g/mol. The summed E-state index contributed by atoms with van der Waals surface area (Å²) in [5, 5.41) is 13.6. The summed E-state index contributed by atoms with van der Waals surface area (Å²) in [4.78, 5) is 10.3. The van der Waals surface area contributed by atoms with Crippen LogP contribution in [0.3, 0.4) is 0 Å². The zero-order chi connectivity index (χ0) is 15.6. The molecule has 4 nitrogen and oxygen atoms in total. The van der Waals surface area contributed by atoms with Gasteiger partial charge in [-0.15, -0.1) is 0 Å². The number of nitrogens with one attached hydrogen (secondary N) is 1. The molecule has 0 heterocycles. The summed E-state index contributed by atoms with van der Waals surface area (Å²) in [6.07, 6.45) is 0. The summed E-state index contributed by atoms with van der Waals surface area (Å²) in [5.41, 5.74) is 0.657. The van der Waals surface area contributed by atoms with E-state index in [4.69, 9.17) is 0 Å². The monoisotopic (exact) mass is 296 g/mol. The smallest absolute Gasteiger partial charge is 0.274 e. The van der Waals surface area contributed by atoms with Crippen molar-refractivity contribution in [3.63, 3.8) is 0 Å². The van der Waals surface area contributed by atoms with Crippen LogP contribution in [0.1, 0.15) is 11.1 Å². The molecule has 0 aliphatic rings. The van der Waals surface area contributed by atoms with Crippen molar-refractivity contribution in [3.8, 4) is 0 Å². The van der Waals surface area contributed by atoms with Gasteiger partial charge in [0, 0.05) is 35.5 Å². The number of anilines is 1. The van der Waals surface area contributed by atoms with Crippen molar-refractivity contribution in [3.05, 3.63) is 69.0 Å². The molecule has 0 fully saturated rings. The number of halogens is 3. The highest BCUT2D eigenvalue weighted by molar-refractivity contribution is 5.59. The van der Waals surface area contributed by atoms with E-state index in [1.807, 2.05) is 0 Å². The molecule has 0 saturated heterocycles. The van der Waals surface area contributed by atoms with Crippen LogP contribution in [0.25, 0.3) is 0 Å².